The molecule has 3 atom stereocenters. The summed E-state index contributed by atoms with van der Waals surface area (Å²) in [6.45, 7) is 6.38. The molecule has 0 saturated carbocycles. The van der Waals surface area contributed by atoms with Crippen LogP contribution in [0, 0.1) is 0 Å². The second kappa shape index (κ2) is 9.12. The van der Waals surface area contributed by atoms with Crippen molar-refractivity contribution in [3.63, 3.8) is 0 Å². The summed E-state index contributed by atoms with van der Waals surface area (Å²) in [4.78, 5) is 2.59. The Morgan fingerprint density at radius 1 is 1.23 bits per heavy atom. The van der Waals surface area contributed by atoms with Crippen molar-refractivity contribution in [2.45, 2.75) is 70.0 Å². The summed E-state index contributed by atoms with van der Waals surface area (Å²) in [7, 11) is 0. The minimum absolute atomic E-state index is 0.125. The molecule has 0 spiro atoms. The van der Waals surface area contributed by atoms with Crippen molar-refractivity contribution in [3.05, 3.63) is 48.6 Å². The van der Waals surface area contributed by atoms with Crippen molar-refractivity contribution in [3.8, 4) is 0 Å². The van der Waals surface area contributed by atoms with Gasteiger partial charge >= 0.3 is 0 Å². The average Bonchev–Trinajstić information content (AvgIpc) is 2.93. The van der Waals surface area contributed by atoms with Crippen LogP contribution >= 0.6 is 0 Å². The van der Waals surface area contributed by atoms with Gasteiger partial charge in [0.15, 0.2) is 0 Å². The van der Waals surface area contributed by atoms with Crippen LogP contribution in [0.5, 0.6) is 0 Å². The maximum Gasteiger partial charge on any atom is 0.0628 e. The van der Waals surface area contributed by atoms with Crippen LogP contribution in [-0.2, 0) is 0 Å². The molecule has 2 nitrogen and oxygen atoms in total. The van der Waals surface area contributed by atoms with E-state index in [-0.39, 0.29) is 12.6 Å². The quantitative estimate of drug-likeness (QED) is 0.527. The summed E-state index contributed by atoms with van der Waals surface area (Å²) >= 11 is 0. The standard InChI is InChI=1S/C20H31NO/c1-3-5-7-13-19-15-14-18(10-4-2)21(19)20(16-22)17-11-8-6-9-12-17/h4,6,8-9,11-12,18-20,22H,2-3,5,7,10,13-16H2,1H3/t18-,19-,20-/m1/s1. The summed E-state index contributed by atoms with van der Waals surface area (Å²) < 4.78 is 0. The first-order chi connectivity index (χ1) is 10.8. The van der Waals surface area contributed by atoms with Gasteiger partial charge in [0.2, 0.25) is 0 Å². The van der Waals surface area contributed by atoms with Crippen LogP contribution in [0.25, 0.3) is 0 Å². The van der Waals surface area contributed by atoms with Crippen molar-refractivity contribution >= 4 is 0 Å². The number of hydrogen-bond donors (Lipinski definition) is 1. The molecule has 2 rings (SSSR count). The molecule has 1 aliphatic rings. The predicted octanol–water partition coefficient (Wildman–Crippen LogP) is 4.71. The Labute approximate surface area is 135 Å². The molecule has 2 heteroatoms. The smallest absolute Gasteiger partial charge is 0.0628 e. The zero-order valence-electron chi connectivity index (χ0n) is 14.0. The van der Waals surface area contributed by atoms with E-state index in [9.17, 15) is 5.11 Å². The van der Waals surface area contributed by atoms with Crippen molar-refractivity contribution in [2.24, 2.45) is 0 Å². The van der Waals surface area contributed by atoms with E-state index in [1.165, 1.54) is 44.1 Å². The topological polar surface area (TPSA) is 23.5 Å². The normalized spacial score (nSPS) is 23.5. The summed E-state index contributed by atoms with van der Waals surface area (Å²) in [5.74, 6) is 0. The molecule has 0 unspecified atom stereocenters. The fraction of sp³-hybridized carbons (Fsp3) is 0.600. The summed E-state index contributed by atoms with van der Waals surface area (Å²) in [5.41, 5.74) is 1.24. The van der Waals surface area contributed by atoms with Crippen molar-refractivity contribution in [1.82, 2.24) is 4.90 Å². The van der Waals surface area contributed by atoms with E-state index in [4.69, 9.17) is 0 Å². The highest BCUT2D eigenvalue weighted by Gasteiger charge is 2.37. The lowest BCUT2D eigenvalue weighted by Gasteiger charge is -2.37. The van der Waals surface area contributed by atoms with Gasteiger partial charge in [-0.05, 0) is 31.2 Å². The molecule has 1 N–H and O–H groups in total. The van der Waals surface area contributed by atoms with E-state index >= 15 is 0 Å². The maximum absolute atomic E-state index is 10.0. The SMILES string of the molecule is C=CC[C@@H]1CC[C@@H](CCCCC)N1[C@H](CO)c1ccccc1. The summed E-state index contributed by atoms with van der Waals surface area (Å²) in [5, 5.41) is 10.0. The first-order valence-electron chi connectivity index (χ1n) is 8.86. The Balaban J connectivity index is 2.16. The van der Waals surface area contributed by atoms with Gasteiger partial charge in [0.05, 0.1) is 12.6 Å². The number of benzene rings is 1. The van der Waals surface area contributed by atoms with E-state index in [0.29, 0.717) is 12.1 Å². The lowest BCUT2D eigenvalue weighted by atomic mass is 10.0. The van der Waals surface area contributed by atoms with Crippen molar-refractivity contribution in [1.29, 1.82) is 0 Å². The second-order valence-corrected chi connectivity index (χ2v) is 6.46. The molecule has 1 saturated heterocycles. The van der Waals surface area contributed by atoms with Gasteiger partial charge in [-0.15, -0.1) is 6.58 Å². The number of aliphatic hydroxyl groups excluding tert-OH is 1. The molecule has 122 valence electrons. The molecule has 0 bridgehead atoms. The fourth-order valence-electron chi connectivity index (χ4n) is 3.89. The molecule has 1 fully saturated rings. The van der Waals surface area contributed by atoms with E-state index in [2.05, 4.69) is 42.7 Å². The number of aliphatic hydroxyl groups is 1. The maximum atomic E-state index is 10.0. The molecule has 22 heavy (non-hydrogen) atoms. The molecule has 0 amide bonds. The Morgan fingerprint density at radius 3 is 2.59 bits per heavy atom. The number of unbranched alkanes of at least 4 members (excludes halogenated alkanes) is 2. The molecular formula is C20H31NO. The largest absolute Gasteiger partial charge is 0.394 e. The number of nitrogens with zero attached hydrogens (tertiary/aromatic N) is 1. The Hall–Kier alpha value is -1.12. The number of rotatable bonds is 9. The highest BCUT2D eigenvalue weighted by molar-refractivity contribution is 5.20. The van der Waals surface area contributed by atoms with E-state index < -0.39 is 0 Å². The monoisotopic (exact) mass is 301 g/mol. The molecule has 1 aromatic carbocycles. The molecule has 1 aromatic rings. The zero-order valence-corrected chi connectivity index (χ0v) is 14.0. The van der Waals surface area contributed by atoms with Gasteiger partial charge in [0, 0.05) is 12.1 Å². The van der Waals surface area contributed by atoms with Crippen LogP contribution in [0.2, 0.25) is 0 Å². The van der Waals surface area contributed by atoms with Gasteiger partial charge in [-0.25, -0.2) is 0 Å². The minimum atomic E-state index is 0.125. The van der Waals surface area contributed by atoms with Gasteiger partial charge in [0.1, 0.15) is 0 Å². The van der Waals surface area contributed by atoms with Crippen LogP contribution in [0.3, 0.4) is 0 Å². The number of hydrogen-bond acceptors (Lipinski definition) is 2. The van der Waals surface area contributed by atoms with Crippen LogP contribution in [0.15, 0.2) is 43.0 Å². The number of likely N-dealkylation sites (tertiary alicyclic amines) is 1. The zero-order chi connectivity index (χ0) is 15.8. The Morgan fingerprint density at radius 2 is 1.95 bits per heavy atom. The molecule has 0 radical (unpaired) electrons. The summed E-state index contributed by atoms with van der Waals surface area (Å²) in [6.07, 6.45) is 10.7. The molecule has 0 aliphatic carbocycles. The third-order valence-corrected chi connectivity index (χ3v) is 4.97. The van der Waals surface area contributed by atoms with Gasteiger partial charge in [0.25, 0.3) is 0 Å². The first-order valence-corrected chi connectivity index (χ1v) is 8.86. The third-order valence-electron chi connectivity index (χ3n) is 4.97. The first kappa shape index (κ1) is 17.2. The summed E-state index contributed by atoms with van der Waals surface area (Å²) in [6, 6.07) is 11.7. The molecule has 1 heterocycles. The molecule has 1 aliphatic heterocycles. The fourth-order valence-corrected chi connectivity index (χ4v) is 3.89. The van der Waals surface area contributed by atoms with E-state index in [1.807, 2.05) is 12.1 Å². The van der Waals surface area contributed by atoms with Gasteiger partial charge < -0.3 is 5.11 Å². The van der Waals surface area contributed by atoms with E-state index in [1.54, 1.807) is 0 Å². The lowest BCUT2D eigenvalue weighted by molar-refractivity contribution is 0.0735. The third kappa shape index (κ3) is 4.21. The van der Waals surface area contributed by atoms with E-state index in [0.717, 1.165) is 6.42 Å². The second-order valence-electron chi connectivity index (χ2n) is 6.46. The average molecular weight is 301 g/mol. The van der Waals surface area contributed by atoms with Crippen molar-refractivity contribution < 1.29 is 5.11 Å². The van der Waals surface area contributed by atoms with Crippen molar-refractivity contribution in [2.75, 3.05) is 6.61 Å². The van der Waals surface area contributed by atoms with Gasteiger partial charge in [-0.3, -0.25) is 4.90 Å². The Bertz CT molecular complexity index is 431. The van der Waals surface area contributed by atoms with Crippen LogP contribution in [-0.4, -0.2) is 28.7 Å². The Kier molecular flexibility index (Phi) is 7.14. The molecular weight excluding hydrogens is 270 g/mol. The van der Waals surface area contributed by atoms with Gasteiger partial charge in [-0.1, -0.05) is 62.6 Å². The lowest BCUT2D eigenvalue weighted by Crippen LogP contribution is -2.40. The van der Waals surface area contributed by atoms with Crippen LogP contribution in [0.1, 0.15) is 63.5 Å². The highest BCUT2D eigenvalue weighted by atomic mass is 16.3. The molecule has 0 aromatic heterocycles. The van der Waals surface area contributed by atoms with Crippen LogP contribution in [0.4, 0.5) is 0 Å². The van der Waals surface area contributed by atoms with Crippen LogP contribution < -0.4 is 0 Å². The van der Waals surface area contributed by atoms with Gasteiger partial charge in [-0.2, -0.15) is 0 Å². The minimum Gasteiger partial charge on any atom is -0.394 e. The highest BCUT2D eigenvalue weighted by Crippen LogP contribution is 2.37. The predicted molar refractivity (Wildman–Crippen MR) is 93.9 cm³/mol.